The first-order valence-corrected chi connectivity index (χ1v) is 17.6. The minimum Gasteiger partial charge on any atom is -0.309 e. The second-order valence-electron chi connectivity index (χ2n) is 13.5. The highest BCUT2D eigenvalue weighted by Crippen LogP contribution is 2.43. The zero-order valence-corrected chi connectivity index (χ0v) is 27.7. The van der Waals surface area contributed by atoms with Gasteiger partial charge in [-0.2, -0.15) is 0 Å². The Balaban J connectivity index is 1.12. The van der Waals surface area contributed by atoms with E-state index in [0.29, 0.717) is 0 Å². The summed E-state index contributed by atoms with van der Waals surface area (Å²) in [4.78, 5) is 5.33. The van der Waals surface area contributed by atoms with Crippen molar-refractivity contribution in [3.63, 3.8) is 0 Å². The van der Waals surface area contributed by atoms with Crippen LogP contribution in [0.4, 0.5) is 0 Å². The minimum atomic E-state index is 1.00. The van der Waals surface area contributed by atoms with Gasteiger partial charge >= 0.3 is 0 Å². The highest BCUT2D eigenvalue weighted by Gasteiger charge is 2.19. The quantitative estimate of drug-likeness (QED) is 0.175. The molecule has 0 fully saturated rings. The molecule has 0 saturated heterocycles. The van der Waals surface area contributed by atoms with Crippen molar-refractivity contribution in [1.82, 2.24) is 9.55 Å². The Bertz CT molecular complexity index is 3140. The van der Waals surface area contributed by atoms with E-state index in [2.05, 4.69) is 187 Å². The highest BCUT2D eigenvalue weighted by molar-refractivity contribution is 6.30. The zero-order valence-electron chi connectivity index (χ0n) is 27.7. The van der Waals surface area contributed by atoms with Crippen molar-refractivity contribution in [2.45, 2.75) is 0 Å². The third kappa shape index (κ3) is 4.14. The first kappa shape index (κ1) is 28.1. The van der Waals surface area contributed by atoms with Crippen molar-refractivity contribution >= 4 is 75.8 Å². The van der Waals surface area contributed by atoms with Gasteiger partial charge in [-0.1, -0.05) is 146 Å². The fraction of sp³-hybridized carbons (Fsp3) is 0. The number of hydrogen-bond acceptors (Lipinski definition) is 1. The standard InChI is InChI=1S/C49H30N2/c1-2-12-34(13-3-1)51-45-21-11-9-19-41(45)48-46(51)29-28-42-47(48)40-18-8-10-20-44(40)50-49(42)32-24-22-31(23-25-32)33-26-27-39-37-16-5-4-14-35(37)36-15-6-7-17-38(36)43(39)30-33/h1-30H. The molecule has 9 aromatic carbocycles. The summed E-state index contributed by atoms with van der Waals surface area (Å²) in [6.07, 6.45) is 0. The average molecular weight is 647 g/mol. The molecule has 0 atom stereocenters. The van der Waals surface area contributed by atoms with Crippen molar-refractivity contribution in [2.24, 2.45) is 0 Å². The van der Waals surface area contributed by atoms with Crippen molar-refractivity contribution in [3.05, 3.63) is 182 Å². The molecule has 0 radical (unpaired) electrons. The molecule has 0 saturated carbocycles. The second-order valence-corrected chi connectivity index (χ2v) is 13.5. The van der Waals surface area contributed by atoms with E-state index in [1.807, 2.05) is 0 Å². The van der Waals surface area contributed by atoms with Gasteiger partial charge in [0.05, 0.1) is 22.2 Å². The van der Waals surface area contributed by atoms with Gasteiger partial charge in [-0.15, -0.1) is 0 Å². The maximum absolute atomic E-state index is 5.33. The lowest BCUT2D eigenvalue weighted by atomic mass is 9.91. The van der Waals surface area contributed by atoms with Crippen LogP contribution in [0.3, 0.4) is 0 Å². The largest absolute Gasteiger partial charge is 0.309 e. The number of fused-ring (bicyclic) bond motifs is 13. The zero-order chi connectivity index (χ0) is 33.5. The van der Waals surface area contributed by atoms with Gasteiger partial charge in [0.25, 0.3) is 0 Å². The molecular weight excluding hydrogens is 617 g/mol. The summed E-state index contributed by atoms with van der Waals surface area (Å²) in [5, 5.41) is 13.8. The Labute approximate surface area is 294 Å². The number of aromatic nitrogens is 2. The van der Waals surface area contributed by atoms with E-state index in [4.69, 9.17) is 4.98 Å². The predicted molar refractivity (Wildman–Crippen MR) is 217 cm³/mol. The van der Waals surface area contributed by atoms with Crippen LogP contribution in [-0.2, 0) is 0 Å². The number of nitrogens with zero attached hydrogens (tertiary/aromatic N) is 2. The van der Waals surface area contributed by atoms with Crippen molar-refractivity contribution in [2.75, 3.05) is 0 Å². The summed E-state index contributed by atoms with van der Waals surface area (Å²) in [6, 6.07) is 66.0. The van der Waals surface area contributed by atoms with Crippen LogP contribution in [-0.4, -0.2) is 9.55 Å². The van der Waals surface area contributed by atoms with E-state index in [1.165, 1.54) is 76.0 Å². The molecule has 2 heterocycles. The monoisotopic (exact) mass is 646 g/mol. The molecule has 0 unspecified atom stereocenters. The Morgan fingerprint density at radius 1 is 0.314 bits per heavy atom. The van der Waals surface area contributed by atoms with Gasteiger partial charge in [-0.05, 0) is 79.8 Å². The maximum Gasteiger partial charge on any atom is 0.0788 e. The van der Waals surface area contributed by atoms with Crippen LogP contribution in [0.5, 0.6) is 0 Å². The third-order valence-corrected chi connectivity index (χ3v) is 10.7. The minimum absolute atomic E-state index is 1.00. The van der Waals surface area contributed by atoms with Crippen LogP contribution in [0.25, 0.3) is 104 Å². The molecule has 11 rings (SSSR count). The lowest BCUT2D eigenvalue weighted by molar-refractivity contribution is 1.18. The summed E-state index contributed by atoms with van der Waals surface area (Å²) in [7, 11) is 0. The molecule has 2 heteroatoms. The predicted octanol–water partition coefficient (Wildman–Crippen LogP) is 13.3. The Morgan fingerprint density at radius 2 is 0.843 bits per heavy atom. The Morgan fingerprint density at radius 3 is 1.57 bits per heavy atom. The van der Waals surface area contributed by atoms with Gasteiger partial charge in [-0.3, -0.25) is 0 Å². The van der Waals surface area contributed by atoms with Gasteiger partial charge in [-0.25, -0.2) is 4.98 Å². The van der Waals surface area contributed by atoms with Crippen LogP contribution in [0.2, 0.25) is 0 Å². The average Bonchev–Trinajstić information content (AvgIpc) is 3.55. The number of hydrogen-bond donors (Lipinski definition) is 0. The summed E-state index contributed by atoms with van der Waals surface area (Å²) in [5.41, 5.74) is 9.08. The van der Waals surface area contributed by atoms with Gasteiger partial charge in [0.15, 0.2) is 0 Å². The number of para-hydroxylation sites is 3. The smallest absolute Gasteiger partial charge is 0.0788 e. The Hall–Kier alpha value is -6.77. The number of pyridine rings is 1. The lowest BCUT2D eigenvalue weighted by Crippen LogP contribution is -1.94. The lowest BCUT2D eigenvalue weighted by Gasteiger charge is -2.14. The van der Waals surface area contributed by atoms with Crippen molar-refractivity contribution in [3.8, 4) is 28.1 Å². The van der Waals surface area contributed by atoms with Gasteiger partial charge in [0, 0.05) is 38.2 Å². The number of rotatable bonds is 3. The molecular formula is C49H30N2. The molecule has 0 aliphatic heterocycles. The van der Waals surface area contributed by atoms with E-state index in [0.717, 1.165) is 27.8 Å². The van der Waals surface area contributed by atoms with Crippen LogP contribution in [0.15, 0.2) is 182 Å². The van der Waals surface area contributed by atoms with Gasteiger partial charge in [0.2, 0.25) is 0 Å². The van der Waals surface area contributed by atoms with E-state index in [-0.39, 0.29) is 0 Å². The SMILES string of the molecule is c1ccc(-n2c3ccccc3c3c4c(ccc32)c(-c2ccc(-c3ccc5c6ccccc6c6ccccc6c5c3)cc2)nc2ccccc24)cc1. The summed E-state index contributed by atoms with van der Waals surface area (Å²) in [6.45, 7) is 0. The van der Waals surface area contributed by atoms with Crippen LogP contribution in [0.1, 0.15) is 0 Å². The number of benzene rings is 9. The first-order valence-electron chi connectivity index (χ1n) is 17.6. The molecule has 2 nitrogen and oxygen atoms in total. The van der Waals surface area contributed by atoms with Gasteiger partial charge < -0.3 is 4.57 Å². The summed E-state index contributed by atoms with van der Waals surface area (Å²) < 4.78 is 2.39. The first-order chi connectivity index (χ1) is 25.3. The highest BCUT2D eigenvalue weighted by atomic mass is 15.0. The molecule has 0 N–H and O–H groups in total. The maximum atomic E-state index is 5.33. The van der Waals surface area contributed by atoms with E-state index in [9.17, 15) is 0 Å². The normalized spacial score (nSPS) is 11.9. The van der Waals surface area contributed by atoms with E-state index in [1.54, 1.807) is 0 Å². The van der Waals surface area contributed by atoms with Crippen LogP contribution in [0, 0.1) is 0 Å². The molecule has 11 aromatic rings. The molecule has 2 aromatic heterocycles. The topological polar surface area (TPSA) is 17.8 Å². The van der Waals surface area contributed by atoms with Gasteiger partial charge in [0.1, 0.15) is 0 Å². The second kappa shape index (κ2) is 10.9. The molecule has 51 heavy (non-hydrogen) atoms. The molecule has 0 aliphatic rings. The Kier molecular flexibility index (Phi) is 5.99. The fourth-order valence-electron chi connectivity index (χ4n) is 8.48. The summed E-state index contributed by atoms with van der Waals surface area (Å²) in [5.74, 6) is 0. The summed E-state index contributed by atoms with van der Waals surface area (Å²) >= 11 is 0. The van der Waals surface area contributed by atoms with Crippen LogP contribution >= 0.6 is 0 Å². The van der Waals surface area contributed by atoms with Crippen LogP contribution < -0.4 is 0 Å². The van der Waals surface area contributed by atoms with Crippen molar-refractivity contribution < 1.29 is 0 Å². The molecule has 0 aliphatic carbocycles. The van der Waals surface area contributed by atoms with E-state index >= 15 is 0 Å². The molecule has 0 spiro atoms. The van der Waals surface area contributed by atoms with E-state index < -0.39 is 0 Å². The van der Waals surface area contributed by atoms with Crippen molar-refractivity contribution in [1.29, 1.82) is 0 Å². The molecule has 0 amide bonds. The molecule has 0 bridgehead atoms. The third-order valence-electron chi connectivity index (χ3n) is 10.7. The molecule has 236 valence electrons. The fourth-order valence-corrected chi connectivity index (χ4v) is 8.48.